The van der Waals surface area contributed by atoms with Gasteiger partial charge < -0.3 is 4.74 Å². The van der Waals surface area contributed by atoms with Gasteiger partial charge in [-0.15, -0.1) is 0 Å². The molecule has 1 aliphatic carbocycles. The molecule has 0 aliphatic heterocycles. The van der Waals surface area contributed by atoms with Gasteiger partial charge in [0.2, 0.25) is 0 Å². The van der Waals surface area contributed by atoms with Crippen molar-refractivity contribution in [2.45, 2.75) is 96.4 Å². The summed E-state index contributed by atoms with van der Waals surface area (Å²) >= 11 is 0. The van der Waals surface area contributed by atoms with E-state index in [4.69, 9.17) is 4.74 Å². The van der Waals surface area contributed by atoms with Gasteiger partial charge in [-0.2, -0.15) is 0 Å². The second kappa shape index (κ2) is 12.2. The number of carbonyl (C=O) groups is 1. The van der Waals surface area contributed by atoms with Crippen LogP contribution in [0.5, 0.6) is 0 Å². The molecule has 0 heterocycles. The first-order valence-corrected chi connectivity index (χ1v) is 15.1. The zero-order chi connectivity index (χ0) is 21.1. The summed E-state index contributed by atoms with van der Waals surface area (Å²) in [5.74, 6) is 0.185. The standard InChI is InChI=1S/C26H40O2Si/c1-5-6-7-8-9-11-18-23(21-29(2,3)4)26(27)28-25-20-15-14-19-24(25)22-16-12-10-13-17-22/h10-13,16-18,21,24-25H,5-9,14-15,19-20H2,1-4H3/b18-11+,23-21-/t24-,25+/m1/s1. The minimum absolute atomic E-state index is 0.0124. The van der Waals surface area contributed by atoms with E-state index in [2.05, 4.69) is 62.6 Å². The zero-order valence-electron chi connectivity index (χ0n) is 19.0. The summed E-state index contributed by atoms with van der Waals surface area (Å²) in [6.45, 7) is 9.03. The lowest BCUT2D eigenvalue weighted by atomic mass is 9.81. The molecule has 1 fully saturated rings. The normalized spacial score (nSPS) is 20.8. The van der Waals surface area contributed by atoms with Crippen LogP contribution in [0.4, 0.5) is 0 Å². The van der Waals surface area contributed by atoms with Crippen LogP contribution in [0.3, 0.4) is 0 Å². The van der Waals surface area contributed by atoms with Crippen LogP contribution in [-0.2, 0) is 9.53 Å². The van der Waals surface area contributed by atoms with E-state index in [9.17, 15) is 4.79 Å². The lowest BCUT2D eigenvalue weighted by molar-refractivity contribution is -0.146. The first kappa shape index (κ1) is 23.7. The zero-order valence-corrected chi connectivity index (χ0v) is 20.0. The Balaban J connectivity index is 2.07. The van der Waals surface area contributed by atoms with Crippen LogP contribution < -0.4 is 0 Å². The number of allylic oxidation sites excluding steroid dienone is 1. The largest absolute Gasteiger partial charge is 0.458 e. The molecule has 3 heteroatoms. The van der Waals surface area contributed by atoms with Crippen molar-refractivity contribution >= 4 is 14.0 Å². The second-order valence-electron chi connectivity index (χ2n) is 9.46. The smallest absolute Gasteiger partial charge is 0.337 e. The predicted molar refractivity (Wildman–Crippen MR) is 127 cm³/mol. The predicted octanol–water partition coefficient (Wildman–Crippen LogP) is 7.59. The van der Waals surface area contributed by atoms with Crippen molar-refractivity contribution in [3.8, 4) is 0 Å². The summed E-state index contributed by atoms with van der Waals surface area (Å²) in [6, 6.07) is 10.6. The lowest BCUT2D eigenvalue weighted by Crippen LogP contribution is -2.30. The molecule has 0 N–H and O–H groups in total. The minimum Gasteiger partial charge on any atom is -0.458 e. The van der Waals surface area contributed by atoms with Crippen molar-refractivity contribution in [2.24, 2.45) is 0 Å². The summed E-state index contributed by atoms with van der Waals surface area (Å²) in [7, 11) is -1.53. The molecule has 1 aliphatic rings. The van der Waals surface area contributed by atoms with E-state index in [1.807, 2.05) is 12.1 Å². The third-order valence-electron chi connectivity index (χ3n) is 5.53. The maximum absolute atomic E-state index is 13.1. The number of hydrogen-bond acceptors (Lipinski definition) is 2. The molecule has 0 amide bonds. The van der Waals surface area contributed by atoms with E-state index < -0.39 is 8.07 Å². The van der Waals surface area contributed by atoms with Gasteiger partial charge in [0, 0.05) is 5.92 Å². The summed E-state index contributed by atoms with van der Waals surface area (Å²) < 4.78 is 6.13. The van der Waals surface area contributed by atoms with Gasteiger partial charge in [0.05, 0.1) is 13.6 Å². The number of benzene rings is 1. The number of carbonyl (C=O) groups excluding carboxylic acids is 1. The SMILES string of the molecule is CCCCCC/C=C/C(=C/[Si](C)(C)C)C(=O)O[C@H]1CCCC[C@@H]1c1ccccc1. The first-order valence-electron chi connectivity index (χ1n) is 11.6. The van der Waals surface area contributed by atoms with Gasteiger partial charge in [-0.3, -0.25) is 0 Å². The van der Waals surface area contributed by atoms with E-state index in [0.29, 0.717) is 5.92 Å². The molecule has 29 heavy (non-hydrogen) atoms. The average molecular weight is 413 g/mol. The molecule has 0 unspecified atom stereocenters. The summed E-state index contributed by atoms with van der Waals surface area (Å²) in [5.41, 5.74) is 4.25. The molecule has 0 spiro atoms. The highest BCUT2D eigenvalue weighted by Gasteiger charge is 2.30. The van der Waals surface area contributed by atoms with Gasteiger partial charge in [0.1, 0.15) is 6.10 Å². The Morgan fingerprint density at radius 2 is 1.79 bits per heavy atom. The highest BCUT2D eigenvalue weighted by molar-refractivity contribution is 6.81. The van der Waals surface area contributed by atoms with Crippen LogP contribution in [0.2, 0.25) is 19.6 Å². The Bertz CT molecular complexity index is 670. The van der Waals surface area contributed by atoms with Gasteiger partial charge in [0.15, 0.2) is 0 Å². The Hall–Kier alpha value is -1.61. The van der Waals surface area contributed by atoms with E-state index in [-0.39, 0.29) is 12.1 Å². The average Bonchev–Trinajstić information content (AvgIpc) is 2.70. The van der Waals surface area contributed by atoms with E-state index in [0.717, 1.165) is 31.3 Å². The number of esters is 1. The molecule has 1 aromatic carbocycles. The fourth-order valence-corrected chi connectivity index (χ4v) is 5.21. The van der Waals surface area contributed by atoms with Crippen LogP contribution in [0.15, 0.2) is 53.8 Å². The Labute approximate surface area is 179 Å². The van der Waals surface area contributed by atoms with Crippen LogP contribution in [0.25, 0.3) is 0 Å². The third-order valence-corrected chi connectivity index (χ3v) is 6.71. The number of rotatable bonds is 10. The second-order valence-corrected chi connectivity index (χ2v) is 14.5. The summed E-state index contributed by atoms with van der Waals surface area (Å²) in [6.07, 6.45) is 14.6. The molecule has 1 aromatic rings. The highest BCUT2D eigenvalue weighted by atomic mass is 28.3. The summed E-state index contributed by atoms with van der Waals surface area (Å²) in [5, 5.41) is 0. The van der Waals surface area contributed by atoms with Crippen LogP contribution in [0, 0.1) is 0 Å². The van der Waals surface area contributed by atoms with Crippen LogP contribution >= 0.6 is 0 Å². The van der Waals surface area contributed by atoms with E-state index in [1.165, 1.54) is 37.7 Å². The van der Waals surface area contributed by atoms with E-state index >= 15 is 0 Å². The first-order chi connectivity index (χ1) is 13.9. The maximum Gasteiger partial charge on any atom is 0.337 e. The third kappa shape index (κ3) is 8.73. The van der Waals surface area contributed by atoms with Crippen LogP contribution in [0.1, 0.15) is 76.2 Å². The molecular formula is C26H40O2Si. The monoisotopic (exact) mass is 412 g/mol. The van der Waals surface area contributed by atoms with Gasteiger partial charge >= 0.3 is 5.97 Å². The van der Waals surface area contributed by atoms with Gasteiger partial charge in [-0.25, -0.2) is 4.79 Å². The van der Waals surface area contributed by atoms with Crippen molar-refractivity contribution in [2.75, 3.05) is 0 Å². The fraction of sp³-hybridized carbons (Fsp3) is 0.577. The molecule has 2 nitrogen and oxygen atoms in total. The molecule has 160 valence electrons. The quantitative estimate of drug-likeness (QED) is 0.130. The number of hydrogen-bond donors (Lipinski definition) is 0. The highest BCUT2D eigenvalue weighted by Crippen LogP contribution is 2.35. The van der Waals surface area contributed by atoms with Crippen molar-refractivity contribution in [1.29, 1.82) is 0 Å². The molecule has 0 radical (unpaired) electrons. The van der Waals surface area contributed by atoms with Gasteiger partial charge in [-0.05, 0) is 37.7 Å². The van der Waals surface area contributed by atoms with Crippen molar-refractivity contribution in [1.82, 2.24) is 0 Å². The molecular weight excluding hydrogens is 372 g/mol. The molecule has 1 saturated carbocycles. The molecule has 0 aromatic heterocycles. The Morgan fingerprint density at radius 3 is 2.48 bits per heavy atom. The topological polar surface area (TPSA) is 26.3 Å². The summed E-state index contributed by atoms with van der Waals surface area (Å²) in [4.78, 5) is 13.1. The number of unbranched alkanes of at least 4 members (excludes halogenated alkanes) is 4. The van der Waals surface area contributed by atoms with Gasteiger partial charge in [0.25, 0.3) is 0 Å². The lowest BCUT2D eigenvalue weighted by Gasteiger charge is -2.31. The van der Waals surface area contributed by atoms with Gasteiger partial charge in [-0.1, -0.05) is 100 Å². The molecule has 2 atom stereocenters. The van der Waals surface area contributed by atoms with Crippen molar-refractivity contribution in [3.63, 3.8) is 0 Å². The maximum atomic E-state index is 13.1. The Morgan fingerprint density at radius 1 is 1.07 bits per heavy atom. The molecule has 0 saturated heterocycles. The molecule has 0 bridgehead atoms. The van der Waals surface area contributed by atoms with Crippen LogP contribution in [-0.4, -0.2) is 20.1 Å². The van der Waals surface area contributed by atoms with Crippen molar-refractivity contribution in [3.05, 3.63) is 59.3 Å². The minimum atomic E-state index is -1.53. The Kier molecular flexibility index (Phi) is 9.93. The molecule has 2 rings (SSSR count). The fourth-order valence-electron chi connectivity index (χ4n) is 4.07. The van der Waals surface area contributed by atoms with Crippen molar-refractivity contribution < 1.29 is 9.53 Å². The van der Waals surface area contributed by atoms with E-state index in [1.54, 1.807) is 0 Å². The number of ether oxygens (including phenoxy) is 1.